The lowest BCUT2D eigenvalue weighted by molar-refractivity contribution is -0.144. The van der Waals surface area contributed by atoms with E-state index in [9.17, 15) is 35.9 Å². The van der Waals surface area contributed by atoms with Gasteiger partial charge in [0.2, 0.25) is 0 Å². The van der Waals surface area contributed by atoms with Crippen molar-refractivity contribution < 1.29 is 35.9 Å². The van der Waals surface area contributed by atoms with Gasteiger partial charge in [0.1, 0.15) is 6.33 Å². The van der Waals surface area contributed by atoms with Crippen LogP contribution in [0.3, 0.4) is 0 Å². The molecular weight excluding hydrogens is 446 g/mol. The van der Waals surface area contributed by atoms with Gasteiger partial charge < -0.3 is 0 Å². The Hall–Kier alpha value is -3.42. The molecule has 0 saturated carbocycles. The number of halogens is 6. The predicted octanol–water partition coefficient (Wildman–Crippen LogP) is 2.26. The highest BCUT2D eigenvalue weighted by Crippen LogP contribution is 2.38. The summed E-state index contributed by atoms with van der Waals surface area (Å²) < 4.78 is 79.0. The maximum atomic E-state index is 13.0. The highest BCUT2D eigenvalue weighted by atomic mass is 19.4. The normalized spacial score (nSPS) is 16.1. The van der Waals surface area contributed by atoms with Crippen molar-refractivity contribution in [3.63, 3.8) is 0 Å². The first-order valence-corrected chi connectivity index (χ1v) is 9.01. The molecule has 0 radical (unpaired) electrons. The van der Waals surface area contributed by atoms with E-state index in [4.69, 9.17) is 0 Å². The first kappa shape index (κ1) is 23.2. The zero-order valence-electron chi connectivity index (χ0n) is 16.4. The minimum Gasteiger partial charge on any atom is -0.296 e. The fourth-order valence-corrected chi connectivity index (χ4v) is 2.79. The average molecular weight is 462 g/mol. The van der Waals surface area contributed by atoms with Gasteiger partial charge in [-0.15, -0.1) is 5.10 Å². The Balaban J connectivity index is 1.77. The lowest BCUT2D eigenvalue weighted by atomic mass is 10.0. The molecule has 2 heterocycles. The molecule has 1 aliphatic rings. The van der Waals surface area contributed by atoms with E-state index in [1.54, 1.807) is 11.9 Å². The van der Waals surface area contributed by atoms with Crippen LogP contribution in [-0.4, -0.2) is 63.2 Å². The second-order valence-electron chi connectivity index (χ2n) is 6.92. The second-order valence-corrected chi connectivity index (χ2v) is 6.92. The highest BCUT2D eigenvalue weighted by Gasteiger charge is 2.37. The SMILES string of the molecule is CN1CCN(NC(=O)/C=C\n2cnc(-c3cc(C(F)(F)F)cc(C(F)(F)F)c3)n2)C(=O)C1. The number of hydrogen-bond donors (Lipinski definition) is 1. The Kier molecular flexibility index (Phi) is 6.25. The van der Waals surface area contributed by atoms with E-state index in [1.807, 2.05) is 0 Å². The summed E-state index contributed by atoms with van der Waals surface area (Å²) in [5.74, 6) is -1.40. The molecule has 14 heteroatoms. The van der Waals surface area contributed by atoms with E-state index in [1.165, 1.54) is 0 Å². The maximum Gasteiger partial charge on any atom is 0.416 e. The molecule has 0 spiro atoms. The number of carbonyl (C=O) groups excluding carboxylic acids is 2. The Bertz CT molecular complexity index is 1010. The lowest BCUT2D eigenvalue weighted by Gasteiger charge is -2.31. The number of carbonyl (C=O) groups is 2. The van der Waals surface area contributed by atoms with E-state index in [2.05, 4.69) is 15.5 Å². The number of nitrogens with zero attached hydrogens (tertiary/aromatic N) is 5. The van der Waals surface area contributed by atoms with E-state index in [0.29, 0.717) is 18.7 Å². The molecule has 32 heavy (non-hydrogen) atoms. The third-order valence-corrected chi connectivity index (χ3v) is 4.39. The molecule has 0 unspecified atom stereocenters. The summed E-state index contributed by atoms with van der Waals surface area (Å²) in [6.45, 7) is 0.964. The molecule has 1 aliphatic heterocycles. The highest BCUT2D eigenvalue weighted by molar-refractivity contribution is 5.92. The topological polar surface area (TPSA) is 83.4 Å². The molecular formula is C18H16F6N6O2. The maximum absolute atomic E-state index is 13.0. The van der Waals surface area contributed by atoms with Crippen LogP contribution in [-0.2, 0) is 21.9 Å². The van der Waals surface area contributed by atoms with Crippen LogP contribution in [0.2, 0.25) is 0 Å². The summed E-state index contributed by atoms with van der Waals surface area (Å²) in [6.07, 6.45) is -6.93. The summed E-state index contributed by atoms with van der Waals surface area (Å²) >= 11 is 0. The first-order chi connectivity index (χ1) is 14.8. The molecule has 1 aromatic heterocycles. The van der Waals surface area contributed by atoms with Crippen LogP contribution < -0.4 is 5.43 Å². The van der Waals surface area contributed by atoms with Gasteiger partial charge in [-0.3, -0.25) is 24.9 Å². The zero-order chi connectivity index (χ0) is 23.7. The van der Waals surface area contributed by atoms with Crippen LogP contribution in [0.25, 0.3) is 17.6 Å². The molecule has 0 atom stereocenters. The van der Waals surface area contributed by atoms with Gasteiger partial charge >= 0.3 is 12.4 Å². The number of likely N-dealkylation sites (N-methyl/N-ethyl adjacent to an activating group) is 1. The van der Waals surface area contributed by atoms with Crippen molar-refractivity contribution in [3.05, 3.63) is 41.7 Å². The third-order valence-electron chi connectivity index (χ3n) is 4.39. The number of hydrogen-bond acceptors (Lipinski definition) is 5. The van der Waals surface area contributed by atoms with E-state index < -0.39 is 40.8 Å². The third kappa shape index (κ3) is 5.63. The Labute approximate surface area is 177 Å². The quantitative estimate of drug-likeness (QED) is 0.557. The van der Waals surface area contributed by atoms with Gasteiger partial charge in [0.25, 0.3) is 11.8 Å². The number of rotatable bonds is 4. The van der Waals surface area contributed by atoms with Gasteiger partial charge in [-0.05, 0) is 25.2 Å². The van der Waals surface area contributed by atoms with Gasteiger partial charge in [-0.25, -0.2) is 9.67 Å². The van der Waals surface area contributed by atoms with Gasteiger partial charge in [0.05, 0.1) is 24.2 Å². The van der Waals surface area contributed by atoms with Crippen LogP contribution in [0.4, 0.5) is 26.3 Å². The number of aromatic nitrogens is 3. The fourth-order valence-electron chi connectivity index (χ4n) is 2.79. The molecule has 8 nitrogen and oxygen atoms in total. The zero-order valence-corrected chi connectivity index (χ0v) is 16.4. The molecule has 2 amide bonds. The van der Waals surface area contributed by atoms with Crippen LogP contribution in [0.15, 0.2) is 30.6 Å². The minimum absolute atomic E-state index is 0.00435. The van der Waals surface area contributed by atoms with Crippen molar-refractivity contribution in [1.82, 2.24) is 30.1 Å². The fraction of sp³-hybridized carbons (Fsp3) is 0.333. The van der Waals surface area contributed by atoms with E-state index in [-0.39, 0.29) is 25.1 Å². The summed E-state index contributed by atoms with van der Waals surface area (Å²) in [5.41, 5.74) is -1.12. The summed E-state index contributed by atoms with van der Waals surface area (Å²) in [7, 11) is 1.75. The van der Waals surface area contributed by atoms with Gasteiger partial charge in [-0.2, -0.15) is 26.3 Å². The number of alkyl halides is 6. The summed E-state index contributed by atoms with van der Waals surface area (Å²) in [5, 5.41) is 4.93. The van der Waals surface area contributed by atoms with Crippen LogP contribution in [0.1, 0.15) is 11.1 Å². The largest absolute Gasteiger partial charge is 0.416 e. The van der Waals surface area contributed by atoms with Gasteiger partial charge in [0.15, 0.2) is 5.82 Å². The van der Waals surface area contributed by atoms with Crippen LogP contribution in [0, 0.1) is 0 Å². The summed E-state index contributed by atoms with van der Waals surface area (Å²) in [6, 6.07) is 1.01. The van der Waals surface area contributed by atoms with E-state index >= 15 is 0 Å². The number of piperazine rings is 1. The Morgan fingerprint density at radius 3 is 2.25 bits per heavy atom. The van der Waals surface area contributed by atoms with Gasteiger partial charge in [0, 0.05) is 24.4 Å². The molecule has 1 saturated heterocycles. The van der Waals surface area contributed by atoms with Crippen molar-refractivity contribution in [1.29, 1.82) is 0 Å². The van der Waals surface area contributed by atoms with E-state index in [0.717, 1.165) is 28.3 Å². The molecule has 3 rings (SSSR count). The smallest absolute Gasteiger partial charge is 0.296 e. The monoisotopic (exact) mass is 462 g/mol. The molecule has 0 aliphatic carbocycles. The molecule has 1 fully saturated rings. The van der Waals surface area contributed by atoms with Crippen LogP contribution in [0.5, 0.6) is 0 Å². The first-order valence-electron chi connectivity index (χ1n) is 9.01. The molecule has 0 bridgehead atoms. The Morgan fingerprint density at radius 1 is 1.06 bits per heavy atom. The molecule has 2 aromatic rings. The predicted molar refractivity (Wildman–Crippen MR) is 98.1 cm³/mol. The number of hydrazine groups is 1. The van der Waals surface area contributed by atoms with Gasteiger partial charge in [-0.1, -0.05) is 0 Å². The van der Waals surface area contributed by atoms with Crippen molar-refractivity contribution in [2.75, 3.05) is 26.7 Å². The number of amides is 2. The average Bonchev–Trinajstić information content (AvgIpc) is 3.16. The number of benzene rings is 1. The molecule has 1 aromatic carbocycles. The molecule has 1 N–H and O–H groups in total. The second kappa shape index (κ2) is 8.61. The van der Waals surface area contributed by atoms with Crippen molar-refractivity contribution in [2.24, 2.45) is 0 Å². The van der Waals surface area contributed by atoms with Crippen molar-refractivity contribution in [3.8, 4) is 11.4 Å². The standard InChI is InChI=1S/C18H16F6N6O2/c1-28-4-5-30(15(32)9-28)26-14(31)2-3-29-10-25-16(27-29)11-6-12(17(19,20)21)8-13(7-11)18(22,23)24/h2-3,6-8,10H,4-5,9H2,1H3,(H,26,31)/b3-2-. The molecule has 172 valence electrons. The van der Waals surface area contributed by atoms with Crippen molar-refractivity contribution >= 4 is 18.0 Å². The minimum atomic E-state index is -5.00. The lowest BCUT2D eigenvalue weighted by Crippen LogP contribution is -2.55. The number of nitrogens with one attached hydrogen (secondary N) is 1. The summed E-state index contributed by atoms with van der Waals surface area (Å²) in [4.78, 5) is 29.3. The van der Waals surface area contributed by atoms with Crippen LogP contribution >= 0.6 is 0 Å². The van der Waals surface area contributed by atoms with Crippen molar-refractivity contribution in [2.45, 2.75) is 12.4 Å². The Morgan fingerprint density at radius 2 is 1.69 bits per heavy atom.